The Morgan fingerprint density at radius 1 is 1.18 bits per heavy atom. The van der Waals surface area contributed by atoms with Crippen LogP contribution in [0.15, 0.2) is 48.5 Å². The molecule has 1 aliphatic rings. The summed E-state index contributed by atoms with van der Waals surface area (Å²) in [5.41, 5.74) is 1.32. The number of amides is 3. The van der Waals surface area contributed by atoms with E-state index in [1.165, 1.54) is 16.8 Å². The average molecular weight is 465 g/mol. The first-order chi connectivity index (χ1) is 16.3. The van der Waals surface area contributed by atoms with Crippen LogP contribution in [0.5, 0.6) is 0 Å². The first-order valence-electron chi connectivity index (χ1n) is 11.1. The predicted molar refractivity (Wildman–Crippen MR) is 121 cm³/mol. The minimum Gasteiger partial charge on any atom is -0.324 e. The fourth-order valence-electron chi connectivity index (χ4n) is 4.32. The zero-order valence-corrected chi connectivity index (χ0v) is 18.9. The van der Waals surface area contributed by atoms with E-state index in [0.717, 1.165) is 11.1 Å². The van der Waals surface area contributed by atoms with Crippen LogP contribution in [0, 0.1) is 12.7 Å². The Morgan fingerprint density at radius 2 is 1.88 bits per heavy atom. The number of rotatable bonds is 7. The second kappa shape index (κ2) is 9.50. The maximum atomic E-state index is 13.3. The highest BCUT2D eigenvalue weighted by Gasteiger charge is 2.42. The zero-order valence-electron chi connectivity index (χ0n) is 18.9. The van der Waals surface area contributed by atoms with Crippen molar-refractivity contribution in [2.75, 3.05) is 5.32 Å². The molecule has 3 amide bonds. The molecule has 0 spiro atoms. The van der Waals surface area contributed by atoms with Gasteiger partial charge >= 0.3 is 0 Å². The predicted octanol–water partition coefficient (Wildman–Crippen LogP) is 2.63. The monoisotopic (exact) mass is 464 g/mol. The molecule has 34 heavy (non-hydrogen) atoms. The van der Waals surface area contributed by atoms with E-state index < -0.39 is 11.5 Å². The number of imide groups is 1. The van der Waals surface area contributed by atoms with Gasteiger partial charge < -0.3 is 5.32 Å². The van der Waals surface area contributed by atoms with Gasteiger partial charge in [-0.2, -0.15) is 0 Å². The molecule has 4 rings (SSSR count). The van der Waals surface area contributed by atoms with Crippen molar-refractivity contribution in [2.24, 2.45) is 0 Å². The Hall–Kier alpha value is -3.95. The summed E-state index contributed by atoms with van der Waals surface area (Å²) in [7, 11) is 0. The molecular weight excluding hydrogens is 439 g/mol. The fourth-order valence-corrected chi connectivity index (χ4v) is 4.32. The molecule has 10 heteroatoms. The molecule has 2 aromatic carbocycles. The Balaban J connectivity index is 1.54. The van der Waals surface area contributed by atoms with Gasteiger partial charge in [0.2, 0.25) is 17.7 Å². The van der Waals surface area contributed by atoms with Crippen molar-refractivity contribution in [3.05, 3.63) is 71.3 Å². The summed E-state index contributed by atoms with van der Waals surface area (Å²) < 4.78 is 14.7. The Morgan fingerprint density at radius 3 is 2.47 bits per heavy atom. The third-order valence-electron chi connectivity index (χ3n) is 6.37. The van der Waals surface area contributed by atoms with Crippen molar-refractivity contribution >= 4 is 23.4 Å². The molecule has 1 saturated heterocycles. The van der Waals surface area contributed by atoms with E-state index in [4.69, 9.17) is 0 Å². The largest absolute Gasteiger partial charge is 0.324 e. The number of carbonyl (C=O) groups is 3. The van der Waals surface area contributed by atoms with Crippen molar-refractivity contribution in [1.82, 2.24) is 25.5 Å². The molecule has 9 nitrogen and oxygen atoms in total. The number of hydrogen-bond donors (Lipinski definition) is 2. The number of tetrazole rings is 1. The van der Waals surface area contributed by atoms with E-state index in [1.807, 2.05) is 6.92 Å². The summed E-state index contributed by atoms with van der Waals surface area (Å²) >= 11 is 0. The normalized spacial score (nSPS) is 18.9. The Kier molecular flexibility index (Phi) is 6.49. The maximum Gasteiger partial charge on any atom is 0.249 e. The number of piperidine rings is 1. The first kappa shape index (κ1) is 23.2. The lowest BCUT2D eigenvalue weighted by Gasteiger charge is -2.35. The quantitative estimate of drug-likeness (QED) is 0.519. The van der Waals surface area contributed by atoms with E-state index in [1.54, 1.807) is 43.3 Å². The molecule has 0 bridgehead atoms. The van der Waals surface area contributed by atoms with Gasteiger partial charge in [0, 0.05) is 18.5 Å². The SMILES string of the molecule is CCC1(c2ccc(NC(=O)C(Cc3ccc(F)cc3)n3nnnc3C)cc2)CCC(=O)NC1=O. The second-order valence-corrected chi connectivity index (χ2v) is 8.40. The highest BCUT2D eigenvalue weighted by atomic mass is 19.1. The molecule has 1 fully saturated rings. The molecule has 2 heterocycles. The molecule has 0 aliphatic carbocycles. The molecule has 0 radical (unpaired) electrons. The second-order valence-electron chi connectivity index (χ2n) is 8.40. The number of anilines is 1. The molecular formula is C24H25FN6O3. The Bertz CT molecular complexity index is 1210. The van der Waals surface area contributed by atoms with Crippen molar-refractivity contribution in [1.29, 1.82) is 0 Å². The number of hydrogen-bond acceptors (Lipinski definition) is 6. The van der Waals surface area contributed by atoms with Gasteiger partial charge in [0.05, 0.1) is 5.41 Å². The van der Waals surface area contributed by atoms with Crippen molar-refractivity contribution in [2.45, 2.75) is 51.0 Å². The van der Waals surface area contributed by atoms with E-state index in [-0.39, 0.29) is 36.4 Å². The fraction of sp³-hybridized carbons (Fsp3) is 0.333. The summed E-state index contributed by atoms with van der Waals surface area (Å²) in [5, 5.41) is 16.8. The van der Waals surface area contributed by atoms with E-state index >= 15 is 0 Å². The van der Waals surface area contributed by atoms with Gasteiger partial charge in [-0.3, -0.25) is 19.7 Å². The van der Waals surface area contributed by atoms with Crippen LogP contribution in [-0.4, -0.2) is 37.9 Å². The summed E-state index contributed by atoms with van der Waals surface area (Å²) in [6.45, 7) is 3.61. The Labute approximate surface area is 195 Å². The number of halogens is 1. The van der Waals surface area contributed by atoms with Gasteiger partial charge in [0.15, 0.2) is 0 Å². The van der Waals surface area contributed by atoms with Crippen LogP contribution in [0.2, 0.25) is 0 Å². The van der Waals surface area contributed by atoms with E-state index in [2.05, 4.69) is 26.2 Å². The van der Waals surface area contributed by atoms with Crippen molar-refractivity contribution in [3.8, 4) is 0 Å². The van der Waals surface area contributed by atoms with Crippen LogP contribution in [0.25, 0.3) is 0 Å². The third kappa shape index (κ3) is 4.57. The summed E-state index contributed by atoms with van der Waals surface area (Å²) in [6, 6.07) is 12.2. The van der Waals surface area contributed by atoms with Crippen LogP contribution in [-0.2, 0) is 26.2 Å². The van der Waals surface area contributed by atoms with Crippen LogP contribution in [0.4, 0.5) is 10.1 Å². The van der Waals surface area contributed by atoms with Gasteiger partial charge in [-0.15, -0.1) is 5.10 Å². The van der Waals surface area contributed by atoms with E-state index in [0.29, 0.717) is 24.4 Å². The highest BCUT2D eigenvalue weighted by molar-refractivity contribution is 6.03. The number of aryl methyl sites for hydroxylation is 1. The van der Waals surface area contributed by atoms with E-state index in [9.17, 15) is 18.8 Å². The van der Waals surface area contributed by atoms with Gasteiger partial charge in [0.1, 0.15) is 17.7 Å². The molecule has 1 aromatic heterocycles. The number of nitrogens with zero attached hydrogens (tertiary/aromatic N) is 4. The standard InChI is InChI=1S/C24H25FN6O3/c1-3-24(13-12-21(32)27-23(24)34)17-6-10-19(11-7-17)26-22(33)20(31-15(2)28-29-30-31)14-16-4-8-18(25)9-5-16/h4-11,20H,3,12-14H2,1-2H3,(H,26,33)(H,27,32,34). The van der Waals surface area contributed by atoms with Crippen LogP contribution < -0.4 is 10.6 Å². The van der Waals surface area contributed by atoms with Crippen LogP contribution in [0.3, 0.4) is 0 Å². The van der Waals surface area contributed by atoms with Crippen LogP contribution >= 0.6 is 0 Å². The molecule has 1 aliphatic heterocycles. The number of nitrogens with one attached hydrogen (secondary N) is 2. The molecule has 2 N–H and O–H groups in total. The van der Waals surface area contributed by atoms with Gasteiger partial charge in [-0.1, -0.05) is 31.2 Å². The van der Waals surface area contributed by atoms with Gasteiger partial charge in [0.25, 0.3) is 0 Å². The number of benzene rings is 2. The average Bonchev–Trinajstić information content (AvgIpc) is 3.25. The smallest absolute Gasteiger partial charge is 0.249 e. The molecule has 176 valence electrons. The molecule has 2 unspecified atom stereocenters. The minimum atomic E-state index is -0.773. The molecule has 2 atom stereocenters. The minimum absolute atomic E-state index is 0.261. The van der Waals surface area contributed by atoms with Crippen molar-refractivity contribution < 1.29 is 18.8 Å². The summed E-state index contributed by atoms with van der Waals surface area (Å²) in [6.07, 6.45) is 1.55. The first-order valence-corrected chi connectivity index (χ1v) is 11.1. The zero-order chi connectivity index (χ0) is 24.3. The van der Waals surface area contributed by atoms with Crippen molar-refractivity contribution in [3.63, 3.8) is 0 Å². The lowest BCUT2D eigenvalue weighted by Crippen LogP contribution is -2.51. The highest BCUT2D eigenvalue weighted by Crippen LogP contribution is 2.36. The summed E-state index contributed by atoms with van der Waals surface area (Å²) in [5.74, 6) is -0.775. The lowest BCUT2D eigenvalue weighted by atomic mass is 9.72. The van der Waals surface area contributed by atoms with Gasteiger partial charge in [-0.25, -0.2) is 9.07 Å². The molecule has 0 saturated carbocycles. The lowest BCUT2D eigenvalue weighted by molar-refractivity contribution is -0.138. The molecule has 3 aromatic rings. The number of aromatic nitrogens is 4. The van der Waals surface area contributed by atoms with Gasteiger partial charge in [-0.05, 0) is 65.6 Å². The third-order valence-corrected chi connectivity index (χ3v) is 6.37. The van der Waals surface area contributed by atoms with Crippen LogP contribution in [0.1, 0.15) is 49.2 Å². The summed E-state index contributed by atoms with van der Waals surface area (Å²) in [4.78, 5) is 37.4. The maximum absolute atomic E-state index is 13.3. The topological polar surface area (TPSA) is 119 Å². The number of carbonyl (C=O) groups excluding carboxylic acids is 3.